The molecule has 0 bridgehead atoms. The van der Waals surface area contributed by atoms with Crippen molar-refractivity contribution in [3.05, 3.63) is 78.6 Å². The SMILES string of the molecule is C/C(=N\c1c(C)c(C)cc(C)c1C)C1=CCC=C(/C(C)=N/c2c(C)c(C)cc(C)c2C)S1. The zero-order valence-electron chi connectivity index (χ0n) is 21.3. The highest BCUT2D eigenvalue weighted by Gasteiger charge is 2.16. The summed E-state index contributed by atoms with van der Waals surface area (Å²) in [6.45, 7) is 21.6. The summed E-state index contributed by atoms with van der Waals surface area (Å²) < 4.78 is 0. The molecule has 0 saturated carbocycles. The minimum Gasteiger partial charge on any atom is -0.252 e. The summed E-state index contributed by atoms with van der Waals surface area (Å²) in [5.41, 5.74) is 14.6. The molecule has 0 N–H and O–H groups in total. The van der Waals surface area contributed by atoms with Gasteiger partial charge in [0, 0.05) is 9.81 Å². The fourth-order valence-electron chi connectivity index (χ4n) is 4.09. The van der Waals surface area contributed by atoms with Gasteiger partial charge in [-0.05, 0) is 120 Å². The Morgan fingerprint density at radius 2 is 0.906 bits per heavy atom. The molecule has 1 aliphatic heterocycles. The zero-order chi connectivity index (χ0) is 23.7. The van der Waals surface area contributed by atoms with Gasteiger partial charge in [-0.15, -0.1) is 0 Å². The Kier molecular flexibility index (Phi) is 7.29. The Balaban J connectivity index is 1.92. The van der Waals surface area contributed by atoms with Gasteiger partial charge in [0.05, 0.1) is 22.8 Å². The van der Waals surface area contributed by atoms with Crippen molar-refractivity contribution in [1.29, 1.82) is 0 Å². The van der Waals surface area contributed by atoms with E-state index in [4.69, 9.17) is 9.98 Å². The summed E-state index contributed by atoms with van der Waals surface area (Å²) in [6.07, 6.45) is 5.47. The van der Waals surface area contributed by atoms with Gasteiger partial charge >= 0.3 is 0 Å². The fourth-order valence-corrected chi connectivity index (χ4v) is 5.07. The topological polar surface area (TPSA) is 24.7 Å². The highest BCUT2D eigenvalue weighted by molar-refractivity contribution is 8.08. The van der Waals surface area contributed by atoms with Crippen LogP contribution in [-0.4, -0.2) is 11.4 Å². The average Bonchev–Trinajstić information content (AvgIpc) is 2.76. The van der Waals surface area contributed by atoms with E-state index in [1.807, 2.05) is 0 Å². The Morgan fingerprint density at radius 3 is 1.22 bits per heavy atom. The van der Waals surface area contributed by atoms with Crippen LogP contribution in [0.4, 0.5) is 11.4 Å². The molecule has 0 saturated heterocycles. The highest BCUT2D eigenvalue weighted by Crippen LogP contribution is 2.37. The number of hydrogen-bond acceptors (Lipinski definition) is 3. The Bertz CT molecular complexity index is 1060. The number of rotatable bonds is 4. The van der Waals surface area contributed by atoms with Gasteiger partial charge in [-0.3, -0.25) is 9.98 Å². The molecule has 0 radical (unpaired) electrons. The lowest BCUT2D eigenvalue weighted by Crippen LogP contribution is -2.03. The summed E-state index contributed by atoms with van der Waals surface area (Å²) in [6, 6.07) is 4.51. The van der Waals surface area contributed by atoms with Gasteiger partial charge in [-0.1, -0.05) is 36.0 Å². The van der Waals surface area contributed by atoms with Crippen molar-refractivity contribution in [3.63, 3.8) is 0 Å². The van der Waals surface area contributed by atoms with Crippen LogP contribution in [0.2, 0.25) is 0 Å². The minimum absolute atomic E-state index is 0.910. The van der Waals surface area contributed by atoms with Gasteiger partial charge in [0.25, 0.3) is 0 Å². The number of hydrogen-bond donors (Lipinski definition) is 0. The molecule has 0 atom stereocenters. The van der Waals surface area contributed by atoms with Gasteiger partial charge < -0.3 is 0 Å². The van der Waals surface area contributed by atoms with E-state index < -0.39 is 0 Å². The van der Waals surface area contributed by atoms with Crippen LogP contribution in [0, 0.1) is 55.4 Å². The van der Waals surface area contributed by atoms with Crippen molar-refractivity contribution in [2.24, 2.45) is 9.98 Å². The molecule has 168 valence electrons. The highest BCUT2D eigenvalue weighted by atomic mass is 32.2. The quantitative estimate of drug-likeness (QED) is 0.432. The number of benzene rings is 2. The normalized spacial score (nSPS) is 15.1. The molecule has 3 heteroatoms. The van der Waals surface area contributed by atoms with Crippen LogP contribution in [0.5, 0.6) is 0 Å². The maximum Gasteiger partial charge on any atom is 0.0696 e. The standard InChI is InChI=1S/C29H36N2S/c1-16-14-17(2)21(6)28(20(16)5)30-24(9)26-12-11-13-27(32-26)25(10)31-29-22(7)18(3)15-19(4)23(29)8/h12-15H,11H2,1-10H3/b30-24+,31-25+. The van der Waals surface area contributed by atoms with Gasteiger partial charge in [-0.2, -0.15) is 0 Å². The summed E-state index contributed by atoms with van der Waals surface area (Å²) in [5, 5.41) is 0. The second-order valence-electron chi connectivity index (χ2n) is 9.09. The first-order valence-corrected chi connectivity index (χ1v) is 12.2. The second kappa shape index (κ2) is 9.62. The summed E-state index contributed by atoms with van der Waals surface area (Å²) in [5.74, 6) is 0. The number of thioether (sulfide) groups is 1. The Morgan fingerprint density at radius 1 is 0.594 bits per heavy atom. The van der Waals surface area contributed by atoms with Crippen molar-refractivity contribution in [2.45, 2.75) is 75.7 Å². The van der Waals surface area contributed by atoms with Gasteiger partial charge in [-0.25, -0.2) is 0 Å². The lowest BCUT2D eigenvalue weighted by Gasteiger charge is -2.18. The van der Waals surface area contributed by atoms with E-state index in [2.05, 4.69) is 93.5 Å². The molecule has 1 aliphatic rings. The molecule has 0 spiro atoms. The van der Waals surface area contributed by atoms with Crippen molar-refractivity contribution < 1.29 is 0 Å². The smallest absolute Gasteiger partial charge is 0.0696 e. The minimum atomic E-state index is 0.910. The van der Waals surface area contributed by atoms with Crippen LogP contribution in [0.25, 0.3) is 0 Å². The monoisotopic (exact) mass is 444 g/mol. The van der Waals surface area contributed by atoms with Gasteiger partial charge in [0.1, 0.15) is 0 Å². The third-order valence-corrected chi connectivity index (χ3v) is 8.12. The van der Waals surface area contributed by atoms with E-state index in [-0.39, 0.29) is 0 Å². The number of allylic oxidation sites excluding steroid dienone is 4. The predicted molar refractivity (Wildman–Crippen MR) is 145 cm³/mol. The van der Waals surface area contributed by atoms with Crippen LogP contribution in [0.1, 0.15) is 64.8 Å². The largest absolute Gasteiger partial charge is 0.252 e. The van der Waals surface area contributed by atoms with Crippen molar-refractivity contribution in [1.82, 2.24) is 0 Å². The van der Waals surface area contributed by atoms with Crippen LogP contribution < -0.4 is 0 Å². The molecular weight excluding hydrogens is 408 g/mol. The predicted octanol–water partition coefficient (Wildman–Crippen LogP) is 8.94. The number of nitrogens with zero attached hydrogens (tertiary/aromatic N) is 2. The lowest BCUT2D eigenvalue weighted by atomic mass is 9.99. The first-order valence-electron chi connectivity index (χ1n) is 11.4. The molecule has 0 unspecified atom stereocenters. The lowest BCUT2D eigenvalue weighted by molar-refractivity contribution is 1.22. The molecule has 0 aromatic heterocycles. The van der Waals surface area contributed by atoms with Crippen molar-refractivity contribution in [2.75, 3.05) is 0 Å². The maximum atomic E-state index is 5.09. The molecule has 0 amide bonds. The van der Waals surface area contributed by atoms with Crippen LogP contribution >= 0.6 is 11.8 Å². The third kappa shape index (κ3) is 4.83. The summed E-state index contributed by atoms with van der Waals surface area (Å²) >= 11 is 1.79. The molecule has 2 aromatic carbocycles. The second-order valence-corrected chi connectivity index (χ2v) is 10.2. The van der Waals surface area contributed by atoms with E-state index >= 15 is 0 Å². The molecule has 3 rings (SSSR count). The van der Waals surface area contributed by atoms with Crippen molar-refractivity contribution >= 4 is 34.6 Å². The first-order chi connectivity index (χ1) is 15.0. The molecule has 0 aliphatic carbocycles. The summed E-state index contributed by atoms with van der Waals surface area (Å²) in [4.78, 5) is 12.6. The maximum absolute atomic E-state index is 5.09. The van der Waals surface area contributed by atoms with Crippen LogP contribution in [0.3, 0.4) is 0 Å². The molecule has 2 aromatic rings. The third-order valence-electron chi connectivity index (χ3n) is 6.75. The Hall–Kier alpha value is -2.39. The summed E-state index contributed by atoms with van der Waals surface area (Å²) in [7, 11) is 0. The molecular formula is C29H36N2S. The van der Waals surface area contributed by atoms with E-state index in [1.165, 1.54) is 54.3 Å². The average molecular weight is 445 g/mol. The number of aliphatic imine (C=N–C) groups is 2. The van der Waals surface area contributed by atoms with E-state index in [0.717, 1.165) is 29.2 Å². The zero-order valence-corrected chi connectivity index (χ0v) is 22.1. The van der Waals surface area contributed by atoms with E-state index in [9.17, 15) is 0 Å². The fraction of sp³-hybridized carbons (Fsp3) is 0.379. The van der Waals surface area contributed by atoms with E-state index in [0.29, 0.717) is 0 Å². The molecule has 32 heavy (non-hydrogen) atoms. The molecule has 0 fully saturated rings. The van der Waals surface area contributed by atoms with Crippen LogP contribution in [0.15, 0.2) is 44.1 Å². The molecule has 1 heterocycles. The van der Waals surface area contributed by atoms with Crippen molar-refractivity contribution in [3.8, 4) is 0 Å². The number of aryl methyl sites for hydroxylation is 4. The van der Waals surface area contributed by atoms with Crippen LogP contribution in [-0.2, 0) is 0 Å². The van der Waals surface area contributed by atoms with Gasteiger partial charge in [0.15, 0.2) is 0 Å². The molecule has 2 nitrogen and oxygen atoms in total. The van der Waals surface area contributed by atoms with Gasteiger partial charge in [0.2, 0.25) is 0 Å². The van der Waals surface area contributed by atoms with E-state index in [1.54, 1.807) is 11.8 Å². The first kappa shape index (κ1) is 24.3. The Labute approximate surface area is 198 Å².